The van der Waals surface area contributed by atoms with E-state index in [-0.39, 0.29) is 30.3 Å². The van der Waals surface area contributed by atoms with Crippen LogP contribution in [0.1, 0.15) is 42.9 Å². The molecule has 1 unspecified atom stereocenters. The molecule has 1 aliphatic rings. The normalized spacial score (nSPS) is 13.9. The second-order valence-corrected chi connectivity index (χ2v) is 15.1. The maximum absolute atomic E-state index is 12.8. The summed E-state index contributed by atoms with van der Waals surface area (Å²) in [5.74, 6) is -0.799. The molecule has 0 bridgehead atoms. The van der Waals surface area contributed by atoms with Gasteiger partial charge in [0.15, 0.2) is 5.70 Å². The Morgan fingerprint density at radius 2 is 1.40 bits per heavy atom. The Balaban J connectivity index is 1.07. The first kappa shape index (κ1) is 44.1. The van der Waals surface area contributed by atoms with Gasteiger partial charge in [-0.25, -0.2) is 9.64 Å². The SMILES string of the molecule is [C-]#[N+]/C(C=C1C=CN(CCOCCCOC(=O)CCC(C)(c2ccc(C)cc2)c2ccc(O)cc2)C=C1)=c1\cc(-c2ccccc2)/c(=C(/C#N)C(=O)OC)cc1-c1ccccc1. The smallest absolute Gasteiger partial charge is 0.349 e. The largest absolute Gasteiger partial charge is 0.508 e. The summed E-state index contributed by atoms with van der Waals surface area (Å²) in [5, 5.41) is 21.0. The predicted molar refractivity (Wildman–Crippen MR) is 242 cm³/mol. The Hall–Kier alpha value is -7.46. The summed E-state index contributed by atoms with van der Waals surface area (Å²) < 4.78 is 16.4. The molecule has 1 aliphatic heterocycles. The molecular formula is C53H49N3O6. The number of nitriles is 1. The van der Waals surface area contributed by atoms with E-state index in [1.54, 1.807) is 18.2 Å². The molecule has 0 amide bonds. The van der Waals surface area contributed by atoms with Gasteiger partial charge >= 0.3 is 11.9 Å². The first-order valence-electron chi connectivity index (χ1n) is 20.5. The minimum absolute atomic E-state index is 0.125. The third kappa shape index (κ3) is 11.0. The number of aryl methyl sites for hydroxylation is 1. The number of methoxy groups -OCH3 is 1. The maximum Gasteiger partial charge on any atom is 0.349 e. The number of carbonyl (C=O) groups excluding carboxylic acids is 2. The number of benzene rings is 5. The van der Waals surface area contributed by atoms with Crippen LogP contribution in [0.15, 0.2) is 158 Å². The molecule has 0 fully saturated rings. The first-order chi connectivity index (χ1) is 30.1. The summed E-state index contributed by atoms with van der Waals surface area (Å²) in [6.07, 6.45) is 10.9. The van der Waals surface area contributed by atoms with E-state index < -0.39 is 11.4 Å². The predicted octanol–water partition coefficient (Wildman–Crippen LogP) is 8.92. The summed E-state index contributed by atoms with van der Waals surface area (Å²) in [4.78, 5) is 31.6. The quantitative estimate of drug-likeness (QED) is 0.0597. The van der Waals surface area contributed by atoms with Crippen LogP contribution in [0.25, 0.3) is 38.4 Å². The summed E-state index contributed by atoms with van der Waals surface area (Å²) in [6, 6.07) is 40.2. The van der Waals surface area contributed by atoms with Crippen LogP contribution in [0.4, 0.5) is 0 Å². The van der Waals surface area contributed by atoms with E-state index in [0.717, 1.165) is 33.4 Å². The molecule has 9 heteroatoms. The van der Waals surface area contributed by atoms with Gasteiger partial charge < -0.3 is 24.2 Å². The Labute approximate surface area is 363 Å². The molecule has 0 aromatic heterocycles. The summed E-state index contributed by atoms with van der Waals surface area (Å²) in [7, 11) is 1.25. The van der Waals surface area contributed by atoms with Crippen molar-refractivity contribution in [2.45, 2.75) is 38.5 Å². The number of rotatable bonds is 16. The van der Waals surface area contributed by atoms with Crippen LogP contribution >= 0.6 is 0 Å². The van der Waals surface area contributed by atoms with Crippen molar-refractivity contribution in [2.75, 3.05) is 33.5 Å². The van der Waals surface area contributed by atoms with E-state index in [1.165, 1.54) is 7.11 Å². The van der Waals surface area contributed by atoms with Crippen LogP contribution in [0.5, 0.6) is 5.75 Å². The second kappa shape index (κ2) is 21.2. The molecule has 5 aromatic carbocycles. The summed E-state index contributed by atoms with van der Waals surface area (Å²) >= 11 is 0. The lowest BCUT2D eigenvalue weighted by molar-refractivity contribution is -0.144. The lowest BCUT2D eigenvalue weighted by Crippen LogP contribution is -2.25. The lowest BCUT2D eigenvalue weighted by Gasteiger charge is -2.31. The maximum atomic E-state index is 12.8. The van der Waals surface area contributed by atoms with Crippen molar-refractivity contribution in [3.8, 4) is 34.1 Å². The standard InChI is InChI=1S/C53H49N3O6/c1-38-16-18-42(19-17-38)53(2,43-20-22-44(57)23-21-43)27-24-51(58)62-32-11-31-61-33-30-56-28-25-39(26-29-56)34-50(55-3)48-36-45(40-12-7-5-8-13-40)47(49(37-54)52(59)60-4)35-46(48)41-14-9-6-10-15-41/h5-10,12-23,25-26,28-29,34-36,57H,11,24,27,30-33H2,1-2,4H3/b49-47-,50-48+. The van der Waals surface area contributed by atoms with Gasteiger partial charge in [-0.05, 0) is 93.9 Å². The highest BCUT2D eigenvalue weighted by atomic mass is 16.5. The van der Waals surface area contributed by atoms with E-state index in [4.69, 9.17) is 20.8 Å². The van der Waals surface area contributed by atoms with Crippen molar-refractivity contribution in [1.82, 2.24) is 4.90 Å². The van der Waals surface area contributed by atoms with Crippen molar-refractivity contribution in [1.29, 1.82) is 5.26 Å². The van der Waals surface area contributed by atoms with E-state index in [2.05, 4.69) is 36.0 Å². The van der Waals surface area contributed by atoms with Crippen molar-refractivity contribution < 1.29 is 28.9 Å². The monoisotopic (exact) mass is 823 g/mol. The van der Waals surface area contributed by atoms with Crippen LogP contribution in [0.2, 0.25) is 0 Å². The topological polar surface area (TPSA) is 113 Å². The van der Waals surface area contributed by atoms with E-state index in [9.17, 15) is 20.0 Å². The van der Waals surface area contributed by atoms with Gasteiger partial charge in [-0.1, -0.05) is 116 Å². The highest BCUT2D eigenvalue weighted by Gasteiger charge is 2.30. The Morgan fingerprint density at radius 1 is 0.823 bits per heavy atom. The van der Waals surface area contributed by atoms with Gasteiger partial charge in [0.25, 0.3) is 0 Å². The van der Waals surface area contributed by atoms with Crippen LogP contribution in [-0.4, -0.2) is 55.4 Å². The van der Waals surface area contributed by atoms with E-state index in [0.29, 0.717) is 59.9 Å². The highest BCUT2D eigenvalue weighted by Crippen LogP contribution is 2.37. The molecule has 62 heavy (non-hydrogen) atoms. The average Bonchev–Trinajstić information content (AvgIpc) is 3.31. The highest BCUT2D eigenvalue weighted by molar-refractivity contribution is 6.16. The molecule has 1 atom stereocenters. The molecule has 9 nitrogen and oxygen atoms in total. The number of phenolic OH excluding ortho intramolecular Hbond substituents is 1. The fourth-order valence-corrected chi connectivity index (χ4v) is 7.34. The number of aromatic hydroxyl groups is 1. The number of phenols is 1. The van der Waals surface area contributed by atoms with Gasteiger partial charge in [0.2, 0.25) is 0 Å². The molecule has 0 aliphatic carbocycles. The van der Waals surface area contributed by atoms with Gasteiger partial charge in [-0.2, -0.15) is 5.26 Å². The summed E-state index contributed by atoms with van der Waals surface area (Å²) in [5.41, 5.74) is 6.86. The van der Waals surface area contributed by atoms with E-state index in [1.807, 2.05) is 127 Å². The molecule has 1 heterocycles. The van der Waals surface area contributed by atoms with Crippen molar-refractivity contribution in [2.24, 2.45) is 0 Å². The van der Waals surface area contributed by atoms with Crippen LogP contribution in [-0.2, 0) is 29.2 Å². The zero-order valence-electron chi connectivity index (χ0n) is 35.2. The van der Waals surface area contributed by atoms with Crippen molar-refractivity contribution in [3.63, 3.8) is 0 Å². The zero-order chi connectivity index (χ0) is 43.9. The first-order valence-corrected chi connectivity index (χ1v) is 20.5. The number of allylic oxidation sites excluding steroid dienone is 3. The van der Waals surface area contributed by atoms with Gasteiger partial charge in [0, 0.05) is 49.0 Å². The average molecular weight is 824 g/mol. The van der Waals surface area contributed by atoms with E-state index >= 15 is 0 Å². The van der Waals surface area contributed by atoms with Crippen molar-refractivity contribution in [3.05, 3.63) is 196 Å². The molecule has 0 spiro atoms. The Bertz CT molecular complexity index is 2610. The lowest BCUT2D eigenvalue weighted by atomic mass is 9.73. The van der Waals surface area contributed by atoms with Crippen LogP contribution in [0, 0.1) is 24.8 Å². The fraction of sp³-hybridized carbons (Fsp3) is 0.208. The molecule has 0 saturated heterocycles. The van der Waals surface area contributed by atoms with Crippen molar-refractivity contribution >= 4 is 23.2 Å². The molecule has 0 saturated carbocycles. The van der Waals surface area contributed by atoms with Gasteiger partial charge in [0.1, 0.15) is 17.4 Å². The number of hydrogen-bond acceptors (Lipinski definition) is 8. The molecule has 312 valence electrons. The van der Waals surface area contributed by atoms with Crippen LogP contribution < -0.4 is 10.4 Å². The Kier molecular flexibility index (Phi) is 15.1. The Morgan fingerprint density at radius 3 is 1.98 bits per heavy atom. The fourth-order valence-electron chi connectivity index (χ4n) is 7.34. The van der Waals surface area contributed by atoms with Crippen LogP contribution in [0.3, 0.4) is 0 Å². The zero-order valence-corrected chi connectivity index (χ0v) is 35.2. The second-order valence-electron chi connectivity index (χ2n) is 15.1. The molecular weight excluding hydrogens is 775 g/mol. The minimum atomic E-state index is -0.738. The van der Waals surface area contributed by atoms with Gasteiger partial charge in [-0.3, -0.25) is 4.79 Å². The number of esters is 2. The van der Waals surface area contributed by atoms with Gasteiger partial charge in [0.05, 0.1) is 26.9 Å². The minimum Gasteiger partial charge on any atom is -0.508 e. The summed E-state index contributed by atoms with van der Waals surface area (Å²) in [6.45, 7) is 14.2. The number of ether oxygens (including phenoxy) is 3. The molecule has 0 radical (unpaired) electrons. The third-order valence-electron chi connectivity index (χ3n) is 10.9. The molecule has 1 N–H and O–H groups in total. The number of nitrogens with zero attached hydrogens (tertiary/aromatic N) is 3. The van der Waals surface area contributed by atoms with Gasteiger partial charge in [-0.15, -0.1) is 0 Å². The molecule has 6 rings (SSSR count). The number of carbonyl (C=O) groups is 2. The third-order valence-corrected chi connectivity index (χ3v) is 10.9. The number of hydrogen-bond donors (Lipinski definition) is 1. The molecule has 5 aromatic rings.